The summed E-state index contributed by atoms with van der Waals surface area (Å²) in [5.74, 6) is 0.672. The average Bonchev–Trinajstić information content (AvgIpc) is 2.99. The fourth-order valence-corrected chi connectivity index (χ4v) is 2.69. The van der Waals surface area contributed by atoms with Crippen molar-refractivity contribution in [3.05, 3.63) is 60.2 Å². The van der Waals surface area contributed by atoms with Crippen LogP contribution in [0.4, 0.5) is 0 Å². The fraction of sp³-hybridized carbons (Fsp3) is 0.278. The maximum absolute atomic E-state index is 12.4. The van der Waals surface area contributed by atoms with E-state index in [1.54, 1.807) is 31.6 Å². The Morgan fingerprint density at radius 3 is 2.75 bits per heavy atom. The molecule has 0 spiro atoms. The van der Waals surface area contributed by atoms with Gasteiger partial charge >= 0.3 is 0 Å². The number of hydrogen-bond donors (Lipinski definition) is 1. The second-order valence-electron chi connectivity index (χ2n) is 5.53. The molecule has 0 saturated heterocycles. The lowest BCUT2D eigenvalue weighted by atomic mass is 10.2. The van der Waals surface area contributed by atoms with Crippen molar-refractivity contribution in [3.8, 4) is 0 Å². The summed E-state index contributed by atoms with van der Waals surface area (Å²) in [7, 11) is 1.67. The van der Waals surface area contributed by atoms with E-state index >= 15 is 0 Å². The number of carbonyl (C=O) groups is 1. The molecule has 0 saturated carbocycles. The molecule has 124 valence electrons. The van der Waals surface area contributed by atoms with E-state index in [4.69, 9.17) is 9.72 Å². The molecular weight excluding hydrogens is 304 g/mol. The summed E-state index contributed by atoms with van der Waals surface area (Å²) in [6.07, 6.45) is 3.21. The van der Waals surface area contributed by atoms with Gasteiger partial charge in [0.15, 0.2) is 0 Å². The smallest absolute Gasteiger partial charge is 0.251 e. The van der Waals surface area contributed by atoms with Gasteiger partial charge in [0.05, 0.1) is 23.7 Å². The highest BCUT2D eigenvalue weighted by molar-refractivity contribution is 5.94. The molecule has 0 aliphatic carbocycles. The SMILES string of the molecule is COCCn1c(C(C)NC(=O)c2ccncc2)nc2ccccc21. The predicted octanol–water partition coefficient (Wildman–Crippen LogP) is 2.57. The van der Waals surface area contributed by atoms with Crippen LogP contribution in [0, 0.1) is 0 Å². The van der Waals surface area contributed by atoms with Crippen LogP contribution in [0.25, 0.3) is 11.0 Å². The van der Waals surface area contributed by atoms with Crippen molar-refractivity contribution in [2.24, 2.45) is 0 Å². The molecule has 0 radical (unpaired) electrons. The first-order valence-electron chi connectivity index (χ1n) is 7.85. The molecule has 0 bridgehead atoms. The van der Waals surface area contributed by atoms with Crippen LogP contribution in [0.2, 0.25) is 0 Å². The van der Waals surface area contributed by atoms with Crippen LogP contribution in [0.5, 0.6) is 0 Å². The van der Waals surface area contributed by atoms with Crippen molar-refractivity contribution in [2.45, 2.75) is 19.5 Å². The number of methoxy groups -OCH3 is 1. The fourth-order valence-electron chi connectivity index (χ4n) is 2.69. The number of imidazole rings is 1. The molecule has 0 fully saturated rings. The molecule has 1 amide bonds. The van der Waals surface area contributed by atoms with Gasteiger partial charge in [-0.15, -0.1) is 0 Å². The number of hydrogen-bond acceptors (Lipinski definition) is 4. The van der Waals surface area contributed by atoms with E-state index in [1.165, 1.54) is 0 Å². The lowest BCUT2D eigenvalue weighted by Crippen LogP contribution is -2.29. The summed E-state index contributed by atoms with van der Waals surface area (Å²) in [5, 5.41) is 3.00. The van der Waals surface area contributed by atoms with E-state index in [-0.39, 0.29) is 11.9 Å². The molecule has 0 aliphatic heterocycles. The van der Waals surface area contributed by atoms with E-state index < -0.39 is 0 Å². The molecule has 0 aliphatic rings. The van der Waals surface area contributed by atoms with E-state index in [2.05, 4.69) is 14.9 Å². The Morgan fingerprint density at radius 1 is 1.25 bits per heavy atom. The Hall–Kier alpha value is -2.73. The maximum atomic E-state index is 12.4. The Bertz CT molecular complexity index is 829. The molecule has 2 aromatic heterocycles. The second-order valence-corrected chi connectivity index (χ2v) is 5.53. The molecular formula is C18H20N4O2. The van der Waals surface area contributed by atoms with Crippen LogP contribution in [0.1, 0.15) is 29.1 Å². The van der Waals surface area contributed by atoms with Gasteiger partial charge in [0.25, 0.3) is 5.91 Å². The van der Waals surface area contributed by atoms with E-state index in [0.717, 1.165) is 16.9 Å². The van der Waals surface area contributed by atoms with Gasteiger partial charge in [-0.25, -0.2) is 4.98 Å². The standard InChI is InChI=1S/C18H20N4O2/c1-13(20-18(23)14-7-9-19-10-8-14)17-21-15-5-3-4-6-16(15)22(17)11-12-24-2/h3-10,13H,11-12H2,1-2H3,(H,20,23). The summed E-state index contributed by atoms with van der Waals surface area (Å²) in [6.45, 7) is 3.20. The molecule has 6 heteroatoms. The van der Waals surface area contributed by atoms with Crippen LogP contribution >= 0.6 is 0 Å². The first-order valence-corrected chi connectivity index (χ1v) is 7.85. The number of benzene rings is 1. The van der Waals surface area contributed by atoms with Gasteiger partial charge in [-0.3, -0.25) is 9.78 Å². The van der Waals surface area contributed by atoms with Crippen molar-refractivity contribution >= 4 is 16.9 Å². The van der Waals surface area contributed by atoms with Crippen molar-refractivity contribution in [2.75, 3.05) is 13.7 Å². The molecule has 1 atom stereocenters. The molecule has 1 unspecified atom stereocenters. The average molecular weight is 324 g/mol. The van der Waals surface area contributed by atoms with Crippen molar-refractivity contribution in [1.29, 1.82) is 0 Å². The van der Waals surface area contributed by atoms with E-state index in [9.17, 15) is 4.79 Å². The van der Waals surface area contributed by atoms with Crippen molar-refractivity contribution < 1.29 is 9.53 Å². The topological polar surface area (TPSA) is 69.0 Å². The third-order valence-electron chi connectivity index (χ3n) is 3.88. The maximum Gasteiger partial charge on any atom is 0.251 e. The number of carbonyl (C=O) groups excluding carboxylic acids is 1. The van der Waals surface area contributed by atoms with Gasteiger partial charge in [-0.2, -0.15) is 0 Å². The molecule has 24 heavy (non-hydrogen) atoms. The molecule has 6 nitrogen and oxygen atoms in total. The molecule has 1 aromatic carbocycles. The largest absolute Gasteiger partial charge is 0.383 e. The molecule has 1 N–H and O–H groups in total. The predicted molar refractivity (Wildman–Crippen MR) is 91.7 cm³/mol. The molecule has 3 aromatic rings. The minimum Gasteiger partial charge on any atom is -0.383 e. The highest BCUT2D eigenvalue weighted by atomic mass is 16.5. The van der Waals surface area contributed by atoms with Gasteiger partial charge in [0.2, 0.25) is 0 Å². The number of nitrogens with zero attached hydrogens (tertiary/aromatic N) is 3. The van der Waals surface area contributed by atoms with Crippen molar-refractivity contribution in [3.63, 3.8) is 0 Å². The Balaban J connectivity index is 1.88. The van der Waals surface area contributed by atoms with Crippen LogP contribution in [0.3, 0.4) is 0 Å². The minimum atomic E-state index is -0.227. The first-order chi connectivity index (χ1) is 11.7. The van der Waals surface area contributed by atoms with Crippen LogP contribution in [0.15, 0.2) is 48.8 Å². The van der Waals surface area contributed by atoms with Gasteiger partial charge in [-0.05, 0) is 31.2 Å². The van der Waals surface area contributed by atoms with Crippen LogP contribution < -0.4 is 5.32 Å². The zero-order valence-corrected chi connectivity index (χ0v) is 13.8. The van der Waals surface area contributed by atoms with E-state index in [1.807, 2.05) is 31.2 Å². The quantitative estimate of drug-likeness (QED) is 0.756. The Morgan fingerprint density at radius 2 is 2.00 bits per heavy atom. The minimum absolute atomic E-state index is 0.143. The number of para-hydroxylation sites is 2. The third-order valence-corrected chi connectivity index (χ3v) is 3.88. The van der Waals surface area contributed by atoms with Gasteiger partial charge in [0.1, 0.15) is 5.82 Å². The second kappa shape index (κ2) is 7.23. The van der Waals surface area contributed by atoms with Gasteiger partial charge in [-0.1, -0.05) is 12.1 Å². The number of pyridine rings is 1. The van der Waals surface area contributed by atoms with Crippen LogP contribution in [-0.2, 0) is 11.3 Å². The highest BCUT2D eigenvalue weighted by Crippen LogP contribution is 2.21. The summed E-state index contributed by atoms with van der Waals surface area (Å²) in [4.78, 5) is 21.0. The number of amides is 1. The number of ether oxygens (including phenoxy) is 1. The lowest BCUT2D eigenvalue weighted by Gasteiger charge is -2.16. The Labute approximate surface area is 140 Å². The first kappa shape index (κ1) is 16.1. The summed E-state index contributed by atoms with van der Waals surface area (Å²) >= 11 is 0. The third kappa shape index (κ3) is 3.28. The monoisotopic (exact) mass is 324 g/mol. The number of nitrogens with one attached hydrogen (secondary N) is 1. The van der Waals surface area contributed by atoms with Crippen LogP contribution in [-0.4, -0.2) is 34.2 Å². The van der Waals surface area contributed by atoms with Gasteiger partial charge < -0.3 is 14.6 Å². The molecule has 2 heterocycles. The zero-order chi connectivity index (χ0) is 16.9. The Kier molecular flexibility index (Phi) is 4.86. The zero-order valence-electron chi connectivity index (χ0n) is 13.8. The lowest BCUT2D eigenvalue weighted by molar-refractivity contribution is 0.0937. The van der Waals surface area contributed by atoms with Crippen molar-refractivity contribution in [1.82, 2.24) is 19.9 Å². The highest BCUT2D eigenvalue weighted by Gasteiger charge is 2.18. The summed E-state index contributed by atoms with van der Waals surface area (Å²) < 4.78 is 7.30. The summed E-state index contributed by atoms with van der Waals surface area (Å²) in [5.41, 5.74) is 2.53. The molecule has 3 rings (SSSR count). The number of aromatic nitrogens is 3. The summed E-state index contributed by atoms with van der Waals surface area (Å²) in [6, 6.07) is 11.1. The normalized spacial score (nSPS) is 12.2. The van der Waals surface area contributed by atoms with Gasteiger partial charge in [0, 0.05) is 31.6 Å². The van der Waals surface area contributed by atoms with E-state index in [0.29, 0.717) is 18.7 Å². The number of fused-ring (bicyclic) bond motifs is 1. The number of rotatable bonds is 6.